The number of allylic oxidation sites excluding steroid dienone is 4. The molecule has 0 heterocycles. The van der Waals surface area contributed by atoms with Crippen molar-refractivity contribution in [1.82, 2.24) is 0 Å². The maximum absolute atomic E-state index is 11.6. The Morgan fingerprint density at radius 2 is 0.923 bits per heavy atom. The first-order valence-corrected chi connectivity index (χ1v) is 11.3. The maximum atomic E-state index is 11.6. The van der Waals surface area contributed by atoms with E-state index >= 15 is 0 Å². The first kappa shape index (κ1) is 16.8. The van der Waals surface area contributed by atoms with Gasteiger partial charge in [-0.3, -0.25) is 19.6 Å². The maximum Gasteiger partial charge on any atom is 0.524 e. The summed E-state index contributed by atoms with van der Waals surface area (Å²) in [7, 11) is -9.59. The SMILES string of the molecule is O=P(O)(O)Oc1c2c(c(OP(=O)(O)O)c3c1C1C=CC3C1)C1C=CC2C1. The van der Waals surface area contributed by atoms with Crippen LogP contribution in [0.5, 0.6) is 11.5 Å². The first-order chi connectivity index (χ1) is 12.1. The number of benzene rings is 1. The molecule has 4 bridgehead atoms. The van der Waals surface area contributed by atoms with E-state index in [0.29, 0.717) is 35.1 Å². The molecule has 0 spiro atoms. The van der Waals surface area contributed by atoms with Gasteiger partial charge in [0.05, 0.1) is 0 Å². The molecule has 8 nitrogen and oxygen atoms in total. The van der Waals surface area contributed by atoms with Gasteiger partial charge in [-0.1, -0.05) is 24.3 Å². The van der Waals surface area contributed by atoms with Gasteiger partial charge in [0.25, 0.3) is 0 Å². The summed E-state index contributed by atoms with van der Waals surface area (Å²) in [4.78, 5) is 37.7. The highest BCUT2D eigenvalue weighted by atomic mass is 31.2. The van der Waals surface area contributed by atoms with Crippen molar-refractivity contribution in [3.05, 3.63) is 46.6 Å². The standard InChI is InChI=1S/C16H16O8P2/c17-25(18,19)23-15-11-7-1-2-8(5-7)12(11)16(24-26(20,21)22)14-10-4-3-9(6-10)13(14)15/h1-4,7-10H,5-6H2,(H2,17,18,19)(H2,20,21,22). The fourth-order valence-electron chi connectivity index (χ4n) is 4.94. The second-order valence-corrected chi connectivity index (χ2v) is 9.47. The first-order valence-electron chi connectivity index (χ1n) is 8.23. The van der Waals surface area contributed by atoms with E-state index in [1.165, 1.54) is 0 Å². The molecule has 0 amide bonds. The molecule has 1 aromatic carbocycles. The zero-order valence-electron chi connectivity index (χ0n) is 13.3. The summed E-state index contributed by atoms with van der Waals surface area (Å²) in [5.74, 6) is -0.105. The van der Waals surface area contributed by atoms with Gasteiger partial charge in [-0.25, -0.2) is 9.13 Å². The van der Waals surface area contributed by atoms with E-state index in [2.05, 4.69) is 0 Å². The molecule has 0 aliphatic heterocycles. The minimum Gasteiger partial charge on any atom is -0.404 e. The van der Waals surface area contributed by atoms with Crippen molar-refractivity contribution in [2.75, 3.05) is 0 Å². The van der Waals surface area contributed by atoms with Crippen LogP contribution in [0.1, 0.15) is 58.8 Å². The summed E-state index contributed by atoms with van der Waals surface area (Å²) >= 11 is 0. The second kappa shape index (κ2) is 5.10. The minimum absolute atomic E-state index is 0.107. The number of phosphoric ester groups is 2. The Labute approximate surface area is 148 Å². The molecule has 5 rings (SSSR count). The van der Waals surface area contributed by atoms with Crippen molar-refractivity contribution in [2.24, 2.45) is 0 Å². The van der Waals surface area contributed by atoms with E-state index in [1.54, 1.807) is 0 Å². The van der Waals surface area contributed by atoms with Gasteiger partial charge in [0.15, 0.2) is 0 Å². The van der Waals surface area contributed by atoms with Crippen LogP contribution in [0.25, 0.3) is 0 Å². The summed E-state index contributed by atoms with van der Waals surface area (Å²) < 4.78 is 33.5. The van der Waals surface area contributed by atoms with E-state index < -0.39 is 15.6 Å². The fourth-order valence-corrected chi connectivity index (χ4v) is 5.81. The zero-order valence-corrected chi connectivity index (χ0v) is 15.1. The average molecular weight is 398 g/mol. The van der Waals surface area contributed by atoms with Crippen LogP contribution >= 0.6 is 15.6 Å². The number of phosphoric acid groups is 2. The molecule has 0 aromatic heterocycles. The van der Waals surface area contributed by atoms with Crippen molar-refractivity contribution in [1.29, 1.82) is 0 Å². The zero-order chi connectivity index (χ0) is 18.4. The van der Waals surface area contributed by atoms with Gasteiger partial charge in [-0.05, 0) is 12.8 Å². The summed E-state index contributed by atoms with van der Waals surface area (Å²) in [5.41, 5.74) is 2.35. The highest BCUT2D eigenvalue weighted by Crippen LogP contribution is 2.66. The summed E-state index contributed by atoms with van der Waals surface area (Å²) in [5, 5.41) is 0. The van der Waals surface area contributed by atoms with E-state index in [-0.39, 0.29) is 35.2 Å². The number of rotatable bonds is 4. The molecule has 10 heteroatoms. The molecule has 0 radical (unpaired) electrons. The molecule has 0 saturated heterocycles. The van der Waals surface area contributed by atoms with Crippen molar-refractivity contribution in [2.45, 2.75) is 36.5 Å². The normalized spacial score (nSPS) is 30.0. The van der Waals surface area contributed by atoms with Gasteiger partial charge >= 0.3 is 15.6 Å². The van der Waals surface area contributed by atoms with E-state index in [9.17, 15) is 28.7 Å². The third-order valence-electron chi connectivity index (χ3n) is 5.63. The van der Waals surface area contributed by atoms with Gasteiger partial charge in [-0.2, -0.15) is 0 Å². The van der Waals surface area contributed by atoms with Gasteiger partial charge in [0, 0.05) is 45.9 Å². The Balaban J connectivity index is 1.82. The molecule has 138 valence electrons. The average Bonchev–Trinajstić information content (AvgIpc) is 3.25. The lowest BCUT2D eigenvalue weighted by Crippen LogP contribution is -2.10. The van der Waals surface area contributed by atoms with Gasteiger partial charge < -0.3 is 9.05 Å². The van der Waals surface area contributed by atoms with Crippen LogP contribution in [0.15, 0.2) is 24.3 Å². The van der Waals surface area contributed by atoms with Gasteiger partial charge in [0.1, 0.15) is 11.5 Å². The third kappa shape index (κ3) is 2.38. The Bertz CT molecular complexity index is 856. The van der Waals surface area contributed by atoms with E-state index in [1.807, 2.05) is 24.3 Å². The van der Waals surface area contributed by atoms with Crippen LogP contribution in [0, 0.1) is 0 Å². The number of fused-ring (bicyclic) bond motifs is 10. The summed E-state index contributed by atoms with van der Waals surface area (Å²) in [6, 6.07) is 0. The number of hydrogen-bond donors (Lipinski definition) is 4. The predicted octanol–water partition coefficient (Wildman–Crippen LogP) is 2.91. The molecule has 4 aliphatic carbocycles. The lowest BCUT2D eigenvalue weighted by atomic mass is 9.85. The van der Waals surface area contributed by atoms with E-state index in [0.717, 1.165) is 0 Å². The lowest BCUT2D eigenvalue weighted by Gasteiger charge is -2.27. The molecular formula is C16H16O8P2. The van der Waals surface area contributed by atoms with Gasteiger partial charge in [0.2, 0.25) is 0 Å². The fraction of sp³-hybridized carbons (Fsp3) is 0.375. The van der Waals surface area contributed by atoms with Crippen LogP contribution in [-0.4, -0.2) is 19.6 Å². The monoisotopic (exact) mass is 398 g/mol. The van der Waals surface area contributed by atoms with E-state index in [4.69, 9.17) is 9.05 Å². The molecule has 4 atom stereocenters. The highest BCUT2D eigenvalue weighted by molar-refractivity contribution is 7.47. The van der Waals surface area contributed by atoms with Crippen LogP contribution in [0.3, 0.4) is 0 Å². The molecule has 4 aliphatic rings. The molecule has 26 heavy (non-hydrogen) atoms. The van der Waals surface area contributed by atoms with Crippen LogP contribution in [0.2, 0.25) is 0 Å². The summed E-state index contributed by atoms with van der Waals surface area (Å²) in [6.45, 7) is 0. The quantitative estimate of drug-likeness (QED) is 0.449. The smallest absolute Gasteiger partial charge is 0.404 e. The van der Waals surface area contributed by atoms with Crippen molar-refractivity contribution < 1.29 is 37.8 Å². The Kier molecular flexibility index (Phi) is 3.29. The van der Waals surface area contributed by atoms with Crippen LogP contribution in [0.4, 0.5) is 0 Å². The number of hydrogen-bond acceptors (Lipinski definition) is 4. The second-order valence-electron chi connectivity index (χ2n) is 7.14. The molecule has 0 fully saturated rings. The molecular weight excluding hydrogens is 382 g/mol. The predicted molar refractivity (Wildman–Crippen MR) is 90.3 cm³/mol. The van der Waals surface area contributed by atoms with Gasteiger partial charge in [-0.15, -0.1) is 0 Å². The molecule has 4 N–H and O–H groups in total. The van der Waals surface area contributed by atoms with Crippen LogP contribution < -0.4 is 9.05 Å². The Morgan fingerprint density at radius 1 is 0.654 bits per heavy atom. The van der Waals surface area contributed by atoms with Crippen molar-refractivity contribution >= 4 is 15.6 Å². The van der Waals surface area contributed by atoms with Crippen molar-refractivity contribution in [3.8, 4) is 11.5 Å². The lowest BCUT2D eigenvalue weighted by molar-refractivity contribution is 0.275. The highest BCUT2D eigenvalue weighted by Gasteiger charge is 2.48. The topological polar surface area (TPSA) is 134 Å². The summed E-state index contributed by atoms with van der Waals surface area (Å²) in [6.07, 6.45) is 9.12. The third-order valence-corrected chi connectivity index (χ3v) is 6.47. The molecule has 0 saturated carbocycles. The molecule has 1 aromatic rings. The minimum atomic E-state index is -4.79. The Hall–Kier alpha value is -1.40. The Morgan fingerprint density at radius 3 is 1.15 bits per heavy atom. The van der Waals surface area contributed by atoms with Crippen molar-refractivity contribution in [3.63, 3.8) is 0 Å². The largest absolute Gasteiger partial charge is 0.524 e. The molecule has 4 unspecified atom stereocenters. The van der Waals surface area contributed by atoms with Crippen LogP contribution in [-0.2, 0) is 9.13 Å².